The average molecular weight is 696 g/mol. The Bertz CT molecular complexity index is 1630. The number of thioether (sulfide) groups is 1. The molecule has 5 aromatic carbocycles. The summed E-state index contributed by atoms with van der Waals surface area (Å²) in [5.41, 5.74) is 7.79. The van der Waals surface area contributed by atoms with Crippen molar-refractivity contribution in [1.82, 2.24) is 10.2 Å². The number of likely N-dealkylation sites (tertiary alicyclic amines) is 1. The van der Waals surface area contributed by atoms with Crippen LogP contribution in [0.2, 0.25) is 0 Å². The van der Waals surface area contributed by atoms with Gasteiger partial charge in [-0.05, 0) is 90.9 Å². The first-order chi connectivity index (χ1) is 25.2. The van der Waals surface area contributed by atoms with E-state index in [2.05, 4.69) is 143 Å². The van der Waals surface area contributed by atoms with Gasteiger partial charge < -0.3 is 15.1 Å². The molecule has 6 rings (SSSR count). The molecule has 0 aromatic heterocycles. The molecule has 1 saturated heterocycles. The van der Waals surface area contributed by atoms with Gasteiger partial charge in [-0.3, -0.25) is 4.79 Å². The van der Waals surface area contributed by atoms with Gasteiger partial charge in [0.15, 0.2) is 0 Å². The number of anilines is 1. The molecule has 0 unspecified atom stereocenters. The van der Waals surface area contributed by atoms with Gasteiger partial charge in [0.25, 0.3) is 0 Å². The third kappa shape index (κ3) is 9.59. The highest BCUT2D eigenvalue weighted by atomic mass is 32.2. The van der Waals surface area contributed by atoms with Gasteiger partial charge in [-0.1, -0.05) is 140 Å². The summed E-state index contributed by atoms with van der Waals surface area (Å²) in [6, 6.07) is 52.7. The number of hydrogen-bond acceptors (Lipinski definition) is 4. The van der Waals surface area contributed by atoms with Crippen LogP contribution in [0.1, 0.15) is 60.4 Å². The van der Waals surface area contributed by atoms with Crippen molar-refractivity contribution in [2.24, 2.45) is 0 Å². The summed E-state index contributed by atoms with van der Waals surface area (Å²) < 4.78 is -0.249. The van der Waals surface area contributed by atoms with Gasteiger partial charge in [0.05, 0.1) is 4.75 Å². The van der Waals surface area contributed by atoms with Gasteiger partial charge in [0.2, 0.25) is 5.91 Å². The van der Waals surface area contributed by atoms with Gasteiger partial charge in [-0.25, -0.2) is 0 Å². The number of para-hydroxylation sites is 1. The Labute approximate surface area is 310 Å². The second kappa shape index (κ2) is 18.9. The van der Waals surface area contributed by atoms with Crippen LogP contribution in [0.15, 0.2) is 146 Å². The number of nitrogens with one attached hydrogen (secondary N) is 1. The zero-order chi connectivity index (χ0) is 35.1. The number of amides is 1. The molecule has 51 heavy (non-hydrogen) atoms. The van der Waals surface area contributed by atoms with Crippen LogP contribution < -0.4 is 10.2 Å². The first-order valence-corrected chi connectivity index (χ1v) is 19.8. The van der Waals surface area contributed by atoms with E-state index in [0.29, 0.717) is 6.42 Å². The molecule has 0 spiro atoms. The lowest BCUT2D eigenvalue weighted by atomic mass is 9.84. The zero-order valence-corrected chi connectivity index (χ0v) is 30.9. The van der Waals surface area contributed by atoms with E-state index in [1.165, 1.54) is 27.8 Å². The summed E-state index contributed by atoms with van der Waals surface area (Å²) >= 11 is 2.04. The summed E-state index contributed by atoms with van der Waals surface area (Å²) in [6.07, 6.45) is 5.80. The molecule has 1 heterocycles. The van der Waals surface area contributed by atoms with Crippen molar-refractivity contribution in [3.05, 3.63) is 173 Å². The largest absolute Gasteiger partial charge is 0.316 e. The van der Waals surface area contributed by atoms with Crippen molar-refractivity contribution < 1.29 is 4.79 Å². The maximum absolute atomic E-state index is 12.8. The molecule has 1 amide bonds. The molecular weight excluding hydrogens is 643 g/mol. The van der Waals surface area contributed by atoms with Crippen LogP contribution in [0.5, 0.6) is 0 Å². The van der Waals surface area contributed by atoms with Gasteiger partial charge in [-0.15, -0.1) is 11.8 Å². The molecular formula is C46H53N3OS. The highest BCUT2D eigenvalue weighted by molar-refractivity contribution is 8.00. The highest BCUT2D eigenvalue weighted by Crippen LogP contribution is 2.48. The van der Waals surface area contributed by atoms with E-state index in [1.54, 1.807) is 0 Å². The van der Waals surface area contributed by atoms with Crippen molar-refractivity contribution in [2.45, 2.75) is 56.2 Å². The van der Waals surface area contributed by atoms with Crippen molar-refractivity contribution in [3.8, 4) is 0 Å². The van der Waals surface area contributed by atoms with Crippen molar-refractivity contribution in [2.75, 3.05) is 43.4 Å². The highest BCUT2D eigenvalue weighted by Gasteiger charge is 2.36. The van der Waals surface area contributed by atoms with Crippen LogP contribution in [0.4, 0.5) is 5.69 Å². The Morgan fingerprint density at radius 2 is 1.18 bits per heavy atom. The lowest BCUT2D eigenvalue weighted by molar-refractivity contribution is -0.119. The minimum absolute atomic E-state index is 0.224. The van der Waals surface area contributed by atoms with Crippen LogP contribution in [0.3, 0.4) is 0 Å². The summed E-state index contributed by atoms with van der Waals surface area (Å²) in [5, 5.41) is 3.71. The molecule has 264 valence electrons. The van der Waals surface area contributed by atoms with Crippen LogP contribution in [-0.2, 0) is 22.4 Å². The fraction of sp³-hybridized carbons (Fsp3) is 0.326. The van der Waals surface area contributed by atoms with E-state index < -0.39 is 0 Å². The molecule has 1 N–H and O–H groups in total. The monoisotopic (exact) mass is 695 g/mol. The predicted octanol–water partition coefficient (Wildman–Crippen LogP) is 9.38. The van der Waals surface area contributed by atoms with Crippen LogP contribution >= 0.6 is 11.8 Å². The molecule has 0 atom stereocenters. The fourth-order valence-electron chi connectivity index (χ4n) is 7.43. The molecule has 0 radical (unpaired) electrons. The standard InChI is InChI=1S/C46H53N3OS/c1-2-45(50)49(43-22-13-6-14-23-43)44-30-35-48(36-31-44)34-29-39-26-24-38(25-27-39)28-33-47-32-15-37-51-46(40-16-7-3-8-17-40,41-18-9-4-10-19-41)42-20-11-5-12-21-42/h3-14,16-27,44,47H,2,15,28-37H2,1H3. The lowest BCUT2D eigenvalue weighted by Crippen LogP contribution is -2.47. The van der Waals surface area contributed by atoms with Crippen LogP contribution in [0, 0.1) is 0 Å². The van der Waals surface area contributed by atoms with E-state index in [0.717, 1.165) is 76.3 Å². The number of piperidine rings is 1. The van der Waals surface area contributed by atoms with Gasteiger partial charge in [-0.2, -0.15) is 0 Å². The van der Waals surface area contributed by atoms with Gasteiger partial charge in [0.1, 0.15) is 0 Å². The number of nitrogens with zero attached hydrogens (tertiary/aromatic N) is 2. The van der Waals surface area contributed by atoms with Gasteiger partial charge >= 0.3 is 0 Å². The smallest absolute Gasteiger partial charge is 0.226 e. The topological polar surface area (TPSA) is 35.6 Å². The lowest BCUT2D eigenvalue weighted by Gasteiger charge is -2.38. The quantitative estimate of drug-likeness (QED) is 0.0777. The maximum atomic E-state index is 12.8. The Morgan fingerprint density at radius 1 is 0.686 bits per heavy atom. The average Bonchev–Trinajstić information content (AvgIpc) is 3.20. The third-order valence-electron chi connectivity index (χ3n) is 10.2. The molecule has 0 bridgehead atoms. The Balaban J connectivity index is 0.930. The van der Waals surface area contributed by atoms with E-state index in [4.69, 9.17) is 0 Å². The summed E-state index contributed by atoms with van der Waals surface area (Å²) in [5.74, 6) is 1.28. The van der Waals surface area contributed by atoms with Crippen molar-refractivity contribution in [3.63, 3.8) is 0 Å². The van der Waals surface area contributed by atoms with Crippen LogP contribution in [0.25, 0.3) is 0 Å². The summed E-state index contributed by atoms with van der Waals surface area (Å²) in [4.78, 5) is 17.5. The van der Waals surface area contributed by atoms with E-state index in [1.807, 2.05) is 36.9 Å². The van der Waals surface area contributed by atoms with Crippen molar-refractivity contribution in [1.29, 1.82) is 0 Å². The third-order valence-corrected chi connectivity index (χ3v) is 11.8. The molecule has 5 heteroatoms. The number of hydrogen-bond donors (Lipinski definition) is 1. The predicted molar refractivity (Wildman–Crippen MR) is 217 cm³/mol. The summed E-state index contributed by atoms with van der Waals surface area (Å²) in [6.45, 7) is 7.11. The Hall–Kier alpha value is -4.16. The van der Waals surface area contributed by atoms with E-state index >= 15 is 0 Å². The molecule has 1 aliphatic rings. The second-order valence-electron chi connectivity index (χ2n) is 13.6. The minimum Gasteiger partial charge on any atom is -0.316 e. The molecule has 4 nitrogen and oxygen atoms in total. The zero-order valence-electron chi connectivity index (χ0n) is 30.1. The Kier molecular flexibility index (Phi) is 13.6. The Morgan fingerprint density at radius 3 is 1.69 bits per heavy atom. The number of rotatable bonds is 17. The molecule has 5 aromatic rings. The maximum Gasteiger partial charge on any atom is 0.226 e. The molecule has 1 fully saturated rings. The normalized spacial score (nSPS) is 14.0. The molecule has 0 saturated carbocycles. The SMILES string of the molecule is CCC(=O)N(c1ccccc1)C1CCN(CCc2ccc(CCNCCCSC(c3ccccc3)(c3ccccc3)c3ccccc3)cc2)CC1. The molecule has 0 aliphatic carbocycles. The number of carbonyl (C=O) groups is 1. The fourth-order valence-corrected chi connectivity index (χ4v) is 8.93. The van der Waals surface area contributed by atoms with E-state index in [9.17, 15) is 4.79 Å². The number of carbonyl (C=O) groups excluding carboxylic acids is 1. The number of benzene rings is 5. The van der Waals surface area contributed by atoms with Crippen molar-refractivity contribution >= 4 is 23.4 Å². The summed E-state index contributed by atoms with van der Waals surface area (Å²) in [7, 11) is 0. The minimum atomic E-state index is -0.249. The van der Waals surface area contributed by atoms with Crippen LogP contribution in [-0.4, -0.2) is 55.3 Å². The second-order valence-corrected chi connectivity index (χ2v) is 14.9. The first-order valence-electron chi connectivity index (χ1n) is 18.9. The molecule has 1 aliphatic heterocycles. The van der Waals surface area contributed by atoms with E-state index in [-0.39, 0.29) is 16.7 Å². The van der Waals surface area contributed by atoms with Gasteiger partial charge in [0, 0.05) is 37.8 Å². The first kappa shape index (κ1) is 36.6.